The van der Waals surface area contributed by atoms with Gasteiger partial charge in [-0.2, -0.15) is 0 Å². The quantitative estimate of drug-likeness (QED) is 0.761. The lowest BCUT2D eigenvalue weighted by molar-refractivity contribution is -0.141. The average Bonchev–Trinajstić information content (AvgIpc) is 3.07. The average molecular weight is 336 g/mol. The lowest BCUT2D eigenvalue weighted by Gasteiger charge is -2.36. The van der Waals surface area contributed by atoms with Gasteiger partial charge in [-0.25, -0.2) is 4.98 Å². The molecule has 2 fully saturated rings. The van der Waals surface area contributed by atoms with Crippen molar-refractivity contribution in [3.05, 3.63) is 18.2 Å². The lowest BCUT2D eigenvalue weighted by Crippen LogP contribution is -2.48. The van der Waals surface area contributed by atoms with Gasteiger partial charge in [-0.1, -0.05) is 0 Å². The van der Waals surface area contributed by atoms with Crippen LogP contribution in [0.25, 0.3) is 0 Å². The molecule has 0 unspecified atom stereocenters. The van der Waals surface area contributed by atoms with Gasteiger partial charge >= 0.3 is 0 Å². The Morgan fingerprint density at radius 3 is 3.00 bits per heavy atom. The van der Waals surface area contributed by atoms with Crippen molar-refractivity contribution in [2.24, 2.45) is 5.92 Å². The number of likely N-dealkylation sites (tertiary alicyclic amines) is 1. The Labute approximate surface area is 143 Å². The van der Waals surface area contributed by atoms with Crippen molar-refractivity contribution in [2.75, 3.05) is 53.1 Å². The Morgan fingerprint density at radius 2 is 2.21 bits per heavy atom. The molecule has 1 amide bonds. The first kappa shape index (κ1) is 17.4. The highest BCUT2D eigenvalue weighted by Gasteiger charge is 2.30. The number of rotatable bonds is 6. The minimum Gasteiger partial charge on any atom is -0.383 e. The van der Waals surface area contributed by atoms with Crippen LogP contribution in [-0.2, 0) is 27.4 Å². The minimum absolute atomic E-state index is 0.118. The third-order valence-electron chi connectivity index (χ3n) is 4.90. The fraction of sp³-hybridized carbons (Fsp3) is 0.765. The molecular weight excluding hydrogens is 308 g/mol. The number of aromatic nitrogens is 2. The van der Waals surface area contributed by atoms with Gasteiger partial charge in [0, 0.05) is 46.0 Å². The fourth-order valence-electron chi connectivity index (χ4n) is 3.54. The summed E-state index contributed by atoms with van der Waals surface area (Å²) in [4.78, 5) is 21.3. The van der Waals surface area contributed by atoms with Crippen molar-refractivity contribution in [3.63, 3.8) is 0 Å². The molecule has 7 heteroatoms. The molecule has 2 aliphatic heterocycles. The molecule has 0 aliphatic carbocycles. The summed E-state index contributed by atoms with van der Waals surface area (Å²) in [6.07, 6.45) is 5.85. The van der Waals surface area contributed by atoms with E-state index >= 15 is 0 Å². The van der Waals surface area contributed by atoms with E-state index in [1.54, 1.807) is 7.11 Å². The molecule has 1 atom stereocenters. The van der Waals surface area contributed by atoms with Crippen LogP contribution >= 0.6 is 0 Å². The molecule has 134 valence electrons. The second-order valence-corrected chi connectivity index (χ2v) is 6.58. The number of ether oxygens (including phenoxy) is 2. The predicted molar refractivity (Wildman–Crippen MR) is 89.5 cm³/mol. The van der Waals surface area contributed by atoms with Crippen LogP contribution in [0.2, 0.25) is 0 Å². The van der Waals surface area contributed by atoms with E-state index in [0.29, 0.717) is 25.7 Å². The molecular formula is C17H28N4O3. The second kappa shape index (κ2) is 8.60. The van der Waals surface area contributed by atoms with Crippen LogP contribution in [0, 0.1) is 5.92 Å². The summed E-state index contributed by atoms with van der Waals surface area (Å²) < 4.78 is 12.6. The Hall–Kier alpha value is -1.44. The highest BCUT2D eigenvalue weighted by molar-refractivity contribution is 5.79. The van der Waals surface area contributed by atoms with Gasteiger partial charge in [-0.3, -0.25) is 9.69 Å². The first-order valence-electron chi connectivity index (χ1n) is 8.84. The lowest BCUT2D eigenvalue weighted by atomic mass is 9.96. The van der Waals surface area contributed by atoms with Gasteiger partial charge in [0.25, 0.3) is 0 Å². The van der Waals surface area contributed by atoms with Gasteiger partial charge in [0.05, 0.1) is 37.8 Å². The molecule has 2 aliphatic rings. The zero-order chi connectivity index (χ0) is 16.8. The number of hydrogen-bond donors (Lipinski definition) is 0. The van der Waals surface area contributed by atoms with Crippen LogP contribution < -0.4 is 0 Å². The van der Waals surface area contributed by atoms with Gasteiger partial charge < -0.3 is 18.9 Å². The normalized spacial score (nSPS) is 22.7. The van der Waals surface area contributed by atoms with Crippen molar-refractivity contribution < 1.29 is 14.3 Å². The maximum absolute atomic E-state index is 12.7. The Balaban J connectivity index is 1.55. The van der Waals surface area contributed by atoms with Gasteiger partial charge in [0.2, 0.25) is 5.91 Å². The second-order valence-electron chi connectivity index (χ2n) is 6.58. The summed E-state index contributed by atoms with van der Waals surface area (Å²) >= 11 is 0. The largest absolute Gasteiger partial charge is 0.383 e. The van der Waals surface area contributed by atoms with Crippen LogP contribution in [-0.4, -0.2) is 78.4 Å². The van der Waals surface area contributed by atoms with Crippen molar-refractivity contribution in [3.8, 4) is 0 Å². The van der Waals surface area contributed by atoms with E-state index in [9.17, 15) is 4.79 Å². The molecule has 3 heterocycles. The van der Waals surface area contributed by atoms with Crippen LogP contribution in [0.15, 0.2) is 12.5 Å². The minimum atomic E-state index is 0.118. The van der Waals surface area contributed by atoms with Gasteiger partial charge in [0.15, 0.2) is 0 Å². The summed E-state index contributed by atoms with van der Waals surface area (Å²) in [6, 6.07) is 0. The van der Waals surface area contributed by atoms with E-state index in [4.69, 9.17) is 9.47 Å². The standard InChI is InChI=1S/C17H28N4O3/c1-23-8-5-21-14-18-11-16(21)13-19-4-2-3-15(12-19)17(22)20-6-9-24-10-7-20/h11,14-15H,2-10,12-13H2,1H3/t15-/m0/s1. The zero-order valence-electron chi connectivity index (χ0n) is 14.5. The maximum atomic E-state index is 12.7. The van der Waals surface area contributed by atoms with E-state index in [1.165, 1.54) is 5.69 Å². The molecule has 0 saturated carbocycles. The smallest absolute Gasteiger partial charge is 0.227 e. The molecule has 0 N–H and O–H groups in total. The highest BCUT2D eigenvalue weighted by Crippen LogP contribution is 2.21. The summed E-state index contributed by atoms with van der Waals surface area (Å²) in [7, 11) is 1.71. The molecule has 0 spiro atoms. The number of piperidine rings is 1. The molecule has 1 aromatic rings. The molecule has 0 aromatic carbocycles. The predicted octanol–water partition coefficient (Wildman–Crippen LogP) is 0.600. The van der Waals surface area contributed by atoms with Crippen LogP contribution in [0.1, 0.15) is 18.5 Å². The number of carbonyl (C=O) groups is 1. The number of hydrogen-bond acceptors (Lipinski definition) is 5. The monoisotopic (exact) mass is 336 g/mol. The highest BCUT2D eigenvalue weighted by atomic mass is 16.5. The summed E-state index contributed by atoms with van der Waals surface area (Å²) in [5.41, 5.74) is 1.19. The van der Waals surface area contributed by atoms with Gasteiger partial charge in [-0.15, -0.1) is 0 Å². The number of nitrogens with zero attached hydrogens (tertiary/aromatic N) is 4. The molecule has 7 nitrogen and oxygen atoms in total. The number of methoxy groups -OCH3 is 1. The summed E-state index contributed by atoms with van der Waals surface area (Å²) in [6.45, 7) is 7.03. The Morgan fingerprint density at radius 1 is 1.38 bits per heavy atom. The third kappa shape index (κ3) is 4.34. The fourth-order valence-corrected chi connectivity index (χ4v) is 3.54. The molecule has 1 aromatic heterocycles. The van der Waals surface area contributed by atoms with E-state index in [2.05, 4.69) is 14.5 Å². The topological polar surface area (TPSA) is 59.8 Å². The van der Waals surface area contributed by atoms with E-state index in [-0.39, 0.29) is 5.92 Å². The van der Waals surface area contributed by atoms with Crippen molar-refractivity contribution >= 4 is 5.91 Å². The number of morpholine rings is 1. The van der Waals surface area contributed by atoms with E-state index in [0.717, 1.165) is 52.1 Å². The van der Waals surface area contributed by atoms with Crippen molar-refractivity contribution in [2.45, 2.75) is 25.9 Å². The Kier molecular flexibility index (Phi) is 6.23. The van der Waals surface area contributed by atoms with E-state index in [1.807, 2.05) is 17.4 Å². The number of imidazole rings is 1. The summed E-state index contributed by atoms with van der Waals surface area (Å²) in [5, 5.41) is 0. The molecule has 0 bridgehead atoms. The van der Waals surface area contributed by atoms with Crippen molar-refractivity contribution in [1.82, 2.24) is 19.4 Å². The van der Waals surface area contributed by atoms with Gasteiger partial charge in [-0.05, 0) is 19.4 Å². The molecule has 3 rings (SSSR count). The van der Waals surface area contributed by atoms with Crippen LogP contribution in [0.5, 0.6) is 0 Å². The number of amides is 1. The van der Waals surface area contributed by atoms with Crippen LogP contribution in [0.3, 0.4) is 0 Å². The molecule has 24 heavy (non-hydrogen) atoms. The van der Waals surface area contributed by atoms with E-state index < -0.39 is 0 Å². The first-order chi connectivity index (χ1) is 11.8. The zero-order valence-corrected chi connectivity index (χ0v) is 14.5. The first-order valence-corrected chi connectivity index (χ1v) is 8.84. The molecule has 2 saturated heterocycles. The Bertz CT molecular complexity index is 528. The van der Waals surface area contributed by atoms with Crippen LogP contribution in [0.4, 0.5) is 0 Å². The third-order valence-corrected chi connectivity index (χ3v) is 4.90. The summed E-state index contributed by atoms with van der Waals surface area (Å²) in [5.74, 6) is 0.420. The SMILES string of the molecule is COCCn1cncc1CN1CCC[C@H](C(=O)N2CCOCC2)C1. The van der Waals surface area contributed by atoms with Gasteiger partial charge in [0.1, 0.15) is 0 Å². The maximum Gasteiger partial charge on any atom is 0.227 e. The molecule has 0 radical (unpaired) electrons. The van der Waals surface area contributed by atoms with Crippen molar-refractivity contribution in [1.29, 1.82) is 0 Å². The number of carbonyl (C=O) groups excluding carboxylic acids is 1.